The van der Waals surface area contributed by atoms with Crippen LogP contribution >= 0.6 is 21.2 Å². The summed E-state index contributed by atoms with van der Waals surface area (Å²) in [5.41, 5.74) is 0. The third-order valence-corrected chi connectivity index (χ3v) is 8.22. The standard InChI is InChI=1S/C16H25F6NS2/c1-24(2)15(19,20)14(17,18)16(21,22)25(3)23-10-9-12-7-5-4-6-8-13(12)11-23/h12-13H,1,3-11H2,2H3. The van der Waals surface area contributed by atoms with Crippen LogP contribution in [0.1, 0.15) is 38.5 Å². The fourth-order valence-corrected chi connectivity index (χ4v) is 5.72. The van der Waals surface area contributed by atoms with Gasteiger partial charge in [-0.3, -0.25) is 4.31 Å². The summed E-state index contributed by atoms with van der Waals surface area (Å²) in [6.07, 6.45) is 6.44. The minimum absolute atomic E-state index is 0.159. The van der Waals surface area contributed by atoms with Crippen molar-refractivity contribution in [2.45, 2.75) is 55.0 Å². The largest absolute Gasteiger partial charge is 0.391 e. The number of nitrogens with zero attached hydrogens (tertiary/aromatic N) is 1. The zero-order valence-electron chi connectivity index (χ0n) is 14.3. The van der Waals surface area contributed by atoms with Crippen molar-refractivity contribution >= 4 is 32.9 Å². The van der Waals surface area contributed by atoms with Gasteiger partial charge >= 0.3 is 16.4 Å². The van der Waals surface area contributed by atoms with Gasteiger partial charge in [-0.05, 0) is 41.6 Å². The molecule has 0 amide bonds. The van der Waals surface area contributed by atoms with Crippen LogP contribution in [0, 0.1) is 11.8 Å². The summed E-state index contributed by atoms with van der Waals surface area (Å²) in [5.74, 6) is 1.15. The molecule has 0 aromatic carbocycles. The Kier molecular flexibility index (Phi) is 6.42. The van der Waals surface area contributed by atoms with Crippen molar-refractivity contribution in [2.75, 3.05) is 19.3 Å². The van der Waals surface area contributed by atoms with Gasteiger partial charge in [-0.15, -0.1) is 10.5 Å². The van der Waals surface area contributed by atoms with Gasteiger partial charge in [-0.1, -0.05) is 37.4 Å². The van der Waals surface area contributed by atoms with Gasteiger partial charge < -0.3 is 0 Å². The van der Waals surface area contributed by atoms with Gasteiger partial charge in [-0.25, -0.2) is 0 Å². The lowest BCUT2D eigenvalue weighted by molar-refractivity contribution is -0.238. The third kappa shape index (κ3) is 3.83. The molecule has 1 saturated carbocycles. The second kappa shape index (κ2) is 7.54. The SMILES string of the molecule is C=S(C)C(F)(F)C(F)(F)C(F)(F)S(=C)N1CCC2CCCCCC2C1. The number of hydrogen-bond acceptors (Lipinski definition) is 1. The predicted molar refractivity (Wildman–Crippen MR) is 96.4 cm³/mol. The highest BCUT2D eigenvalue weighted by molar-refractivity contribution is 8.15. The first-order valence-corrected chi connectivity index (χ1v) is 11.5. The Morgan fingerprint density at radius 3 is 1.96 bits per heavy atom. The average Bonchev–Trinajstić information content (AvgIpc) is 2.77. The van der Waals surface area contributed by atoms with Crippen molar-refractivity contribution in [3.8, 4) is 0 Å². The Morgan fingerprint density at radius 2 is 1.40 bits per heavy atom. The Balaban J connectivity index is 2.19. The molecule has 2 fully saturated rings. The molecule has 2 rings (SSSR count). The van der Waals surface area contributed by atoms with E-state index in [1.165, 1.54) is 4.31 Å². The highest BCUT2D eigenvalue weighted by Crippen LogP contribution is 2.59. The number of fused-ring (bicyclic) bond motifs is 1. The Hall–Kier alpha value is -0.0200. The number of alkyl halides is 6. The molecule has 1 heterocycles. The van der Waals surface area contributed by atoms with Crippen LogP contribution in [-0.4, -0.2) is 51.8 Å². The van der Waals surface area contributed by atoms with Crippen LogP contribution in [0.4, 0.5) is 26.3 Å². The topological polar surface area (TPSA) is 3.24 Å². The van der Waals surface area contributed by atoms with Crippen molar-refractivity contribution in [2.24, 2.45) is 11.8 Å². The Morgan fingerprint density at radius 1 is 0.840 bits per heavy atom. The lowest BCUT2D eigenvalue weighted by Gasteiger charge is -2.43. The molecular weight excluding hydrogens is 384 g/mol. The maximum absolute atomic E-state index is 14.4. The number of piperidine rings is 1. The maximum atomic E-state index is 14.4. The second-order valence-corrected chi connectivity index (χ2v) is 10.5. The fourth-order valence-electron chi connectivity index (χ4n) is 3.64. The zero-order valence-corrected chi connectivity index (χ0v) is 15.9. The summed E-state index contributed by atoms with van der Waals surface area (Å²) >= 11 is 0. The van der Waals surface area contributed by atoms with Crippen molar-refractivity contribution in [3.63, 3.8) is 0 Å². The van der Waals surface area contributed by atoms with Gasteiger partial charge in [-0.2, -0.15) is 26.3 Å². The molecule has 1 aliphatic carbocycles. The van der Waals surface area contributed by atoms with E-state index in [0.717, 1.165) is 38.4 Å². The highest BCUT2D eigenvalue weighted by Gasteiger charge is 2.73. The summed E-state index contributed by atoms with van der Waals surface area (Å²) in [7, 11) is -4.95. The van der Waals surface area contributed by atoms with Crippen LogP contribution in [0.5, 0.6) is 0 Å². The molecule has 0 N–H and O–H groups in total. The van der Waals surface area contributed by atoms with Crippen molar-refractivity contribution in [3.05, 3.63) is 0 Å². The van der Waals surface area contributed by atoms with E-state index < -0.39 is 37.6 Å². The molecule has 0 aromatic rings. The van der Waals surface area contributed by atoms with E-state index in [4.69, 9.17) is 0 Å². The first kappa shape index (κ1) is 21.3. The van der Waals surface area contributed by atoms with Crippen LogP contribution in [0.3, 0.4) is 0 Å². The van der Waals surface area contributed by atoms with Crippen LogP contribution < -0.4 is 0 Å². The van der Waals surface area contributed by atoms with Gasteiger partial charge in [0.15, 0.2) is 0 Å². The second-order valence-electron chi connectivity index (χ2n) is 6.94. The third-order valence-electron chi connectivity index (χ3n) is 5.28. The smallest absolute Gasteiger partial charge is 0.251 e. The molecule has 2 aliphatic rings. The molecule has 0 bridgehead atoms. The molecule has 0 radical (unpaired) electrons. The molecule has 9 heteroatoms. The molecule has 4 atom stereocenters. The van der Waals surface area contributed by atoms with Crippen LogP contribution in [0.2, 0.25) is 0 Å². The van der Waals surface area contributed by atoms with Gasteiger partial charge in [0.05, 0.1) is 0 Å². The van der Waals surface area contributed by atoms with Crippen LogP contribution in [0.15, 0.2) is 0 Å². The zero-order chi connectivity index (χ0) is 19.0. The Labute approximate surface area is 150 Å². The molecule has 148 valence electrons. The molecule has 0 aromatic heterocycles. The first-order chi connectivity index (χ1) is 11.4. The molecule has 25 heavy (non-hydrogen) atoms. The quantitative estimate of drug-likeness (QED) is 0.419. The van der Waals surface area contributed by atoms with Gasteiger partial charge in [0.25, 0.3) is 0 Å². The van der Waals surface area contributed by atoms with Crippen molar-refractivity contribution in [1.29, 1.82) is 0 Å². The maximum Gasteiger partial charge on any atom is 0.391 e. The van der Waals surface area contributed by atoms with Gasteiger partial charge in [0, 0.05) is 13.1 Å². The predicted octanol–water partition coefficient (Wildman–Crippen LogP) is 5.66. The van der Waals surface area contributed by atoms with Crippen LogP contribution in [-0.2, 0) is 0 Å². The highest BCUT2D eigenvalue weighted by atomic mass is 32.2. The molecule has 1 saturated heterocycles. The molecule has 4 unspecified atom stereocenters. The van der Waals surface area contributed by atoms with E-state index in [1.54, 1.807) is 0 Å². The summed E-state index contributed by atoms with van der Waals surface area (Å²) in [6.45, 7) is 0.434. The number of hydrogen-bond donors (Lipinski definition) is 0. The minimum Gasteiger partial charge on any atom is -0.251 e. The Bertz CT molecular complexity index is 537. The van der Waals surface area contributed by atoms with E-state index in [2.05, 4.69) is 11.7 Å². The van der Waals surface area contributed by atoms with E-state index in [0.29, 0.717) is 12.3 Å². The average molecular weight is 410 g/mol. The summed E-state index contributed by atoms with van der Waals surface area (Å²) in [5, 5.41) is -9.78. The van der Waals surface area contributed by atoms with Gasteiger partial charge in [0.1, 0.15) is 0 Å². The monoisotopic (exact) mass is 409 g/mol. The summed E-state index contributed by atoms with van der Waals surface area (Å²) in [4.78, 5) is 0. The van der Waals surface area contributed by atoms with Crippen LogP contribution in [0.25, 0.3) is 0 Å². The molecule has 0 spiro atoms. The number of rotatable bonds is 5. The summed E-state index contributed by atoms with van der Waals surface area (Å²) in [6, 6.07) is 0. The lowest BCUT2D eigenvalue weighted by Crippen LogP contribution is -2.54. The fraction of sp³-hybridized carbons (Fsp3) is 0.875. The molecular formula is C16H25F6NS2. The van der Waals surface area contributed by atoms with E-state index in [-0.39, 0.29) is 19.0 Å². The van der Waals surface area contributed by atoms with E-state index in [9.17, 15) is 26.3 Å². The van der Waals surface area contributed by atoms with Crippen molar-refractivity contribution < 1.29 is 26.3 Å². The van der Waals surface area contributed by atoms with E-state index in [1.807, 2.05) is 0 Å². The van der Waals surface area contributed by atoms with Gasteiger partial charge in [0.2, 0.25) is 0 Å². The number of halogens is 6. The summed E-state index contributed by atoms with van der Waals surface area (Å²) < 4.78 is 85.6. The van der Waals surface area contributed by atoms with E-state index >= 15 is 0 Å². The first-order valence-electron chi connectivity index (χ1n) is 8.31. The molecule has 1 nitrogen and oxygen atoms in total. The molecule has 1 aliphatic heterocycles. The minimum atomic E-state index is -5.48. The van der Waals surface area contributed by atoms with Crippen molar-refractivity contribution in [1.82, 2.24) is 4.31 Å². The lowest BCUT2D eigenvalue weighted by atomic mass is 9.83. The normalized spacial score (nSPS) is 29.6.